The number of carbonyl (C=O) groups excluding carboxylic acids is 1. The molecule has 98 valence electrons. The quantitative estimate of drug-likeness (QED) is 0.911. The molecule has 1 aromatic carbocycles. The first-order valence-electron chi connectivity index (χ1n) is 6.48. The number of carbonyl (C=O) groups is 1. The summed E-state index contributed by atoms with van der Waals surface area (Å²) in [6.45, 7) is 1.40. The molecule has 0 radical (unpaired) electrons. The Morgan fingerprint density at radius 1 is 1.44 bits per heavy atom. The predicted octanol–water partition coefficient (Wildman–Crippen LogP) is 2.74. The minimum Gasteiger partial charge on any atom is -0.336 e. The fourth-order valence-corrected chi connectivity index (χ4v) is 2.79. The van der Waals surface area contributed by atoms with Gasteiger partial charge >= 0.3 is 0 Å². The molecule has 2 rings (SSSR count). The van der Waals surface area contributed by atoms with Gasteiger partial charge in [-0.3, -0.25) is 4.79 Å². The zero-order chi connectivity index (χ0) is 13.0. The lowest BCUT2D eigenvalue weighted by Crippen LogP contribution is -2.30. The monoisotopic (exact) mass is 266 g/mol. The minimum atomic E-state index is 0.143. The van der Waals surface area contributed by atoms with Crippen molar-refractivity contribution in [3.05, 3.63) is 34.9 Å². The molecule has 18 heavy (non-hydrogen) atoms. The van der Waals surface area contributed by atoms with E-state index in [0.717, 1.165) is 36.4 Å². The van der Waals surface area contributed by atoms with E-state index in [2.05, 4.69) is 0 Å². The van der Waals surface area contributed by atoms with E-state index in [1.54, 1.807) is 0 Å². The highest BCUT2D eigenvalue weighted by molar-refractivity contribution is 6.31. The Bertz CT molecular complexity index is 422. The van der Waals surface area contributed by atoms with Gasteiger partial charge in [-0.1, -0.05) is 29.8 Å². The average molecular weight is 267 g/mol. The molecule has 1 heterocycles. The van der Waals surface area contributed by atoms with E-state index < -0.39 is 0 Å². The number of nitrogens with zero attached hydrogens (tertiary/aromatic N) is 1. The smallest absolute Gasteiger partial charge is 0.223 e. The Kier molecular flexibility index (Phi) is 4.61. The molecule has 1 aliphatic heterocycles. The number of amides is 1. The molecule has 0 aliphatic carbocycles. The van der Waals surface area contributed by atoms with Crippen molar-refractivity contribution >= 4 is 17.5 Å². The second-order valence-electron chi connectivity index (χ2n) is 4.66. The zero-order valence-corrected chi connectivity index (χ0v) is 11.2. The number of likely N-dealkylation sites (tertiary alicyclic amines) is 1. The standard InChI is InChI=1S/C14H19ClN2O/c15-12-6-2-1-5-11(12)13-7-4-10-17(13)14(18)8-3-9-16/h1-2,5-6,13H,3-4,7-10,16H2. The van der Waals surface area contributed by atoms with Crippen LogP contribution in [-0.4, -0.2) is 23.9 Å². The molecule has 1 fully saturated rings. The van der Waals surface area contributed by atoms with Gasteiger partial charge < -0.3 is 10.6 Å². The lowest BCUT2D eigenvalue weighted by molar-refractivity contribution is -0.132. The fourth-order valence-electron chi connectivity index (χ4n) is 2.53. The second-order valence-corrected chi connectivity index (χ2v) is 5.07. The van der Waals surface area contributed by atoms with Crippen molar-refractivity contribution in [2.75, 3.05) is 13.1 Å². The first-order chi connectivity index (χ1) is 8.74. The molecule has 0 aromatic heterocycles. The highest BCUT2D eigenvalue weighted by atomic mass is 35.5. The molecular weight excluding hydrogens is 248 g/mol. The van der Waals surface area contributed by atoms with Crippen LogP contribution in [0.3, 0.4) is 0 Å². The predicted molar refractivity (Wildman–Crippen MR) is 73.4 cm³/mol. The van der Waals surface area contributed by atoms with Gasteiger partial charge in [-0.25, -0.2) is 0 Å². The first kappa shape index (κ1) is 13.4. The topological polar surface area (TPSA) is 46.3 Å². The molecule has 1 aromatic rings. The molecule has 1 aliphatic rings. The van der Waals surface area contributed by atoms with Crippen LogP contribution in [0.2, 0.25) is 5.02 Å². The molecule has 0 saturated carbocycles. The Morgan fingerprint density at radius 3 is 2.94 bits per heavy atom. The van der Waals surface area contributed by atoms with E-state index in [1.165, 1.54) is 0 Å². The molecule has 1 unspecified atom stereocenters. The largest absolute Gasteiger partial charge is 0.336 e. The molecule has 1 amide bonds. The van der Waals surface area contributed by atoms with Crippen molar-refractivity contribution in [1.29, 1.82) is 0 Å². The number of hydrogen-bond donors (Lipinski definition) is 1. The third-order valence-electron chi connectivity index (χ3n) is 3.43. The molecule has 4 heteroatoms. The summed E-state index contributed by atoms with van der Waals surface area (Å²) in [6.07, 6.45) is 3.34. The van der Waals surface area contributed by atoms with E-state index in [0.29, 0.717) is 13.0 Å². The summed E-state index contributed by atoms with van der Waals surface area (Å²) >= 11 is 6.22. The maximum Gasteiger partial charge on any atom is 0.223 e. The lowest BCUT2D eigenvalue weighted by Gasteiger charge is -2.25. The highest BCUT2D eigenvalue weighted by Crippen LogP contribution is 2.35. The van der Waals surface area contributed by atoms with Crippen molar-refractivity contribution in [3.8, 4) is 0 Å². The van der Waals surface area contributed by atoms with Crippen molar-refractivity contribution in [2.45, 2.75) is 31.7 Å². The number of hydrogen-bond acceptors (Lipinski definition) is 2. The van der Waals surface area contributed by atoms with E-state index in [1.807, 2.05) is 29.2 Å². The van der Waals surface area contributed by atoms with E-state index in [-0.39, 0.29) is 11.9 Å². The van der Waals surface area contributed by atoms with Crippen LogP contribution in [0.5, 0.6) is 0 Å². The Balaban J connectivity index is 2.12. The minimum absolute atomic E-state index is 0.143. The van der Waals surface area contributed by atoms with Crippen LogP contribution in [0, 0.1) is 0 Å². The molecule has 3 nitrogen and oxygen atoms in total. The van der Waals surface area contributed by atoms with Crippen LogP contribution in [0.25, 0.3) is 0 Å². The van der Waals surface area contributed by atoms with Crippen molar-refractivity contribution < 1.29 is 4.79 Å². The van der Waals surface area contributed by atoms with E-state index >= 15 is 0 Å². The van der Waals surface area contributed by atoms with Crippen LogP contribution < -0.4 is 5.73 Å². The molecule has 1 atom stereocenters. The van der Waals surface area contributed by atoms with Gasteiger partial charge in [0.25, 0.3) is 0 Å². The third-order valence-corrected chi connectivity index (χ3v) is 3.78. The molecule has 0 bridgehead atoms. The summed E-state index contributed by atoms with van der Waals surface area (Å²) in [4.78, 5) is 14.1. The summed E-state index contributed by atoms with van der Waals surface area (Å²) in [5, 5.41) is 0.751. The second kappa shape index (κ2) is 6.21. The zero-order valence-electron chi connectivity index (χ0n) is 10.4. The van der Waals surface area contributed by atoms with Crippen LogP contribution in [0.15, 0.2) is 24.3 Å². The number of nitrogens with two attached hydrogens (primary N) is 1. The normalized spacial score (nSPS) is 19.2. The van der Waals surface area contributed by atoms with Crippen molar-refractivity contribution in [2.24, 2.45) is 5.73 Å². The van der Waals surface area contributed by atoms with Gasteiger partial charge in [0, 0.05) is 18.0 Å². The van der Waals surface area contributed by atoms with Gasteiger partial charge in [-0.2, -0.15) is 0 Å². The van der Waals surface area contributed by atoms with Gasteiger partial charge in [0.2, 0.25) is 5.91 Å². The van der Waals surface area contributed by atoms with Crippen molar-refractivity contribution in [1.82, 2.24) is 4.90 Å². The average Bonchev–Trinajstić information content (AvgIpc) is 2.85. The van der Waals surface area contributed by atoms with Gasteiger partial charge in [-0.05, 0) is 37.4 Å². The van der Waals surface area contributed by atoms with Gasteiger partial charge in [0.15, 0.2) is 0 Å². The van der Waals surface area contributed by atoms with Crippen LogP contribution in [-0.2, 0) is 4.79 Å². The molecule has 1 saturated heterocycles. The van der Waals surface area contributed by atoms with Gasteiger partial charge in [0.1, 0.15) is 0 Å². The SMILES string of the molecule is NCCCC(=O)N1CCCC1c1ccccc1Cl. The number of rotatable bonds is 4. The summed E-state index contributed by atoms with van der Waals surface area (Å²) in [7, 11) is 0. The van der Waals surface area contributed by atoms with Gasteiger partial charge in [0.05, 0.1) is 6.04 Å². The lowest BCUT2D eigenvalue weighted by atomic mass is 10.0. The van der Waals surface area contributed by atoms with Gasteiger partial charge in [-0.15, -0.1) is 0 Å². The highest BCUT2D eigenvalue weighted by Gasteiger charge is 2.30. The Morgan fingerprint density at radius 2 is 2.22 bits per heavy atom. The van der Waals surface area contributed by atoms with Crippen LogP contribution in [0.4, 0.5) is 0 Å². The van der Waals surface area contributed by atoms with Crippen LogP contribution >= 0.6 is 11.6 Å². The van der Waals surface area contributed by atoms with Crippen LogP contribution in [0.1, 0.15) is 37.3 Å². The van der Waals surface area contributed by atoms with E-state index in [4.69, 9.17) is 17.3 Å². The molecule has 0 spiro atoms. The summed E-state index contributed by atoms with van der Waals surface area (Å²) in [5.74, 6) is 0.197. The Labute approximate surface area is 113 Å². The maximum absolute atomic E-state index is 12.1. The third kappa shape index (κ3) is 2.85. The first-order valence-corrected chi connectivity index (χ1v) is 6.86. The van der Waals surface area contributed by atoms with E-state index in [9.17, 15) is 4.79 Å². The Hall–Kier alpha value is -1.06. The maximum atomic E-state index is 12.1. The summed E-state index contributed by atoms with van der Waals surface area (Å²) < 4.78 is 0. The number of benzene rings is 1. The number of halogens is 1. The summed E-state index contributed by atoms with van der Waals surface area (Å²) in [6, 6.07) is 7.94. The fraction of sp³-hybridized carbons (Fsp3) is 0.500. The molecular formula is C14H19ClN2O. The van der Waals surface area contributed by atoms with Crippen molar-refractivity contribution in [3.63, 3.8) is 0 Å². The summed E-state index contributed by atoms with van der Waals surface area (Å²) in [5.41, 5.74) is 6.52. The molecule has 2 N–H and O–H groups in total.